The molecule has 0 atom stereocenters. The van der Waals surface area contributed by atoms with Gasteiger partial charge in [-0.2, -0.15) is 0 Å². The Kier molecular flexibility index (Phi) is 5.44. The van der Waals surface area contributed by atoms with Crippen molar-refractivity contribution in [2.24, 2.45) is 0 Å². The molecule has 0 rings (SSSR count). The van der Waals surface area contributed by atoms with Crippen molar-refractivity contribution in [2.45, 2.75) is 0 Å². The molecule has 2 N–H and O–H groups in total. The molecule has 0 aromatic carbocycles. The molecule has 64 valence electrons. The zero-order chi connectivity index (χ0) is 7.71. The van der Waals surface area contributed by atoms with E-state index in [4.69, 9.17) is 8.32 Å². The van der Waals surface area contributed by atoms with Crippen molar-refractivity contribution in [3.8, 4) is 0 Å². The molecule has 10 heteroatoms. The quantitative estimate of drug-likeness (QED) is 0.613. The minimum atomic E-state index is -5.76. The summed E-state index contributed by atoms with van der Waals surface area (Å²) < 4.78 is 56.3. The molecular formula is H3Cr2IO7. The normalized spacial score (nSPS) is 12.2. The number of halogens is 1. The maximum atomic E-state index is 9.53. The molecule has 0 saturated carbocycles. The molecule has 0 fully saturated rings. The Labute approximate surface area is 77.2 Å². The Morgan fingerprint density at radius 3 is 1.10 bits per heavy atom. The molecule has 0 spiro atoms. The predicted molar refractivity (Wildman–Crippen MR) is 23.7 cm³/mol. The van der Waals surface area contributed by atoms with Crippen LogP contribution in [0.4, 0.5) is 0 Å². The summed E-state index contributed by atoms with van der Waals surface area (Å²) in [6, 6.07) is 0. The van der Waals surface area contributed by atoms with Gasteiger partial charge in [0.25, 0.3) is 0 Å². The van der Waals surface area contributed by atoms with Gasteiger partial charge in [0, 0.05) is 0 Å². The van der Waals surface area contributed by atoms with E-state index in [1.165, 1.54) is 0 Å². The average molecular weight is 346 g/mol. The first kappa shape index (κ1) is 13.5. The van der Waals surface area contributed by atoms with E-state index in [-0.39, 0.29) is 24.0 Å². The van der Waals surface area contributed by atoms with Gasteiger partial charge in [0.15, 0.2) is 0 Å². The Balaban J connectivity index is 0. The van der Waals surface area contributed by atoms with E-state index in [1.807, 2.05) is 0 Å². The van der Waals surface area contributed by atoms with Crippen molar-refractivity contribution < 1.29 is 53.6 Å². The van der Waals surface area contributed by atoms with E-state index in [0.29, 0.717) is 0 Å². The molecule has 10 heavy (non-hydrogen) atoms. The van der Waals surface area contributed by atoms with Crippen molar-refractivity contribution in [3.05, 3.63) is 0 Å². The van der Waals surface area contributed by atoms with Gasteiger partial charge in [0.2, 0.25) is 0 Å². The van der Waals surface area contributed by atoms with Gasteiger partial charge in [-0.1, -0.05) is 0 Å². The van der Waals surface area contributed by atoms with E-state index >= 15 is 0 Å². The predicted octanol–water partition coefficient (Wildman–Crippen LogP) is -1.04. The second kappa shape index (κ2) is 4.04. The number of hydrogen-bond donors (Lipinski definition) is 2. The molecule has 0 aliphatic carbocycles. The van der Waals surface area contributed by atoms with E-state index in [9.17, 15) is 15.2 Å². The number of hydrogen-bond acceptors (Lipinski definition) is 5. The molecule has 0 heterocycles. The summed E-state index contributed by atoms with van der Waals surface area (Å²) in [6.07, 6.45) is 0. The van der Waals surface area contributed by atoms with Crippen molar-refractivity contribution in [2.75, 3.05) is 0 Å². The molecule has 0 aliphatic rings. The summed E-state index contributed by atoms with van der Waals surface area (Å²) in [7, 11) is 0. The van der Waals surface area contributed by atoms with Crippen LogP contribution in [0.15, 0.2) is 0 Å². The fourth-order valence-electron chi connectivity index (χ4n) is 0.109. The average Bonchev–Trinajstić information content (AvgIpc) is 1.14. The van der Waals surface area contributed by atoms with Crippen LogP contribution in [0.25, 0.3) is 0 Å². The van der Waals surface area contributed by atoms with Crippen LogP contribution in [0.2, 0.25) is 0 Å². The third-order valence-corrected chi connectivity index (χ3v) is 2.92. The zero-order valence-electron chi connectivity index (χ0n) is 4.16. The number of rotatable bonds is 2. The van der Waals surface area contributed by atoms with E-state index in [2.05, 4.69) is 2.84 Å². The molecule has 0 unspecified atom stereocenters. The van der Waals surface area contributed by atoms with Gasteiger partial charge in [0.1, 0.15) is 0 Å². The summed E-state index contributed by atoms with van der Waals surface area (Å²) in [5, 5.41) is 0. The second-order valence-corrected chi connectivity index (χ2v) is 4.68. The van der Waals surface area contributed by atoms with E-state index in [0.717, 1.165) is 0 Å². The summed E-state index contributed by atoms with van der Waals surface area (Å²) in [5.41, 5.74) is 0. The Morgan fingerprint density at radius 1 is 0.900 bits per heavy atom. The van der Waals surface area contributed by atoms with Crippen LogP contribution >= 0.6 is 24.0 Å². The second-order valence-electron chi connectivity index (χ2n) is 0.924. The summed E-state index contributed by atoms with van der Waals surface area (Å²) in [6.45, 7) is 0. The minimum absolute atomic E-state index is 0. The summed E-state index contributed by atoms with van der Waals surface area (Å²) in [4.78, 5) is 0. The third-order valence-electron chi connectivity index (χ3n) is 0.172. The molecule has 7 nitrogen and oxygen atoms in total. The van der Waals surface area contributed by atoms with E-state index in [1.54, 1.807) is 0 Å². The van der Waals surface area contributed by atoms with Gasteiger partial charge in [-0.05, 0) is 0 Å². The van der Waals surface area contributed by atoms with Crippen LogP contribution in [-0.4, -0.2) is 8.32 Å². The standard InChI is InChI=1S/2Cr.HI.2H2O.5O/h;;1H;2*1H2;;;;;/q2*+1;;;;;;;;/p-2. The topological polar surface area (TPSA) is 118 Å². The fourth-order valence-corrected chi connectivity index (χ4v) is 1.85. The van der Waals surface area contributed by atoms with Crippen LogP contribution < -0.4 is 0 Å². The van der Waals surface area contributed by atoms with Crippen molar-refractivity contribution in [1.82, 2.24) is 0 Å². The first-order valence-corrected chi connectivity index (χ1v) is 5.63. The third kappa shape index (κ3) is 11.6. The van der Waals surface area contributed by atoms with Gasteiger partial charge in [-0.3, -0.25) is 0 Å². The molecule has 0 aromatic heterocycles. The molecule has 0 radical (unpaired) electrons. The summed E-state index contributed by atoms with van der Waals surface area (Å²) in [5.74, 6) is 0. The first-order chi connectivity index (χ1) is 3.71. The zero-order valence-corrected chi connectivity index (χ0v) is 9.04. The van der Waals surface area contributed by atoms with Crippen LogP contribution in [-0.2, 0) is 45.3 Å². The maximum absolute atomic E-state index is 9.53. The Morgan fingerprint density at radius 2 is 1.10 bits per heavy atom. The van der Waals surface area contributed by atoms with Crippen LogP contribution in [0, 0.1) is 0 Å². The molecule has 0 amide bonds. The molecule has 0 saturated heterocycles. The van der Waals surface area contributed by atoms with Crippen molar-refractivity contribution in [3.63, 3.8) is 0 Å². The Bertz CT molecular complexity index is 237. The fraction of sp³-hybridized carbons (Fsp3) is 0. The molecule has 0 bridgehead atoms. The van der Waals surface area contributed by atoms with E-state index < -0.39 is 27.2 Å². The van der Waals surface area contributed by atoms with Gasteiger partial charge in [-0.15, -0.1) is 24.0 Å². The van der Waals surface area contributed by atoms with Gasteiger partial charge >= 0.3 is 53.6 Å². The van der Waals surface area contributed by atoms with Gasteiger partial charge in [-0.25, -0.2) is 0 Å². The van der Waals surface area contributed by atoms with Crippen LogP contribution in [0.1, 0.15) is 0 Å². The molecule has 0 aromatic rings. The molecular weight excluding hydrogens is 343 g/mol. The van der Waals surface area contributed by atoms with Gasteiger partial charge < -0.3 is 0 Å². The molecule has 0 aliphatic heterocycles. The van der Waals surface area contributed by atoms with Crippen LogP contribution in [0.5, 0.6) is 0 Å². The van der Waals surface area contributed by atoms with Crippen LogP contribution in [0.3, 0.4) is 0 Å². The Hall–Kier alpha value is 0.875. The van der Waals surface area contributed by atoms with Crippen molar-refractivity contribution in [1.29, 1.82) is 0 Å². The van der Waals surface area contributed by atoms with Gasteiger partial charge in [0.05, 0.1) is 0 Å². The SMILES string of the molecule is I.[O]=[Cr](=[O])([OH])[O][Cr](=[O])(=[O])[OH]. The first-order valence-electron chi connectivity index (χ1n) is 1.37. The van der Waals surface area contributed by atoms with Crippen molar-refractivity contribution >= 4 is 24.0 Å². The summed E-state index contributed by atoms with van der Waals surface area (Å²) >= 11 is -11.5. The monoisotopic (exact) mass is 346 g/mol.